The van der Waals surface area contributed by atoms with E-state index in [2.05, 4.69) is 37.9 Å². The lowest BCUT2D eigenvalue weighted by atomic mass is 10.0. The van der Waals surface area contributed by atoms with E-state index in [0.29, 0.717) is 12.1 Å². The average Bonchev–Trinajstić information content (AvgIpc) is 2.76. The molecule has 19 heavy (non-hydrogen) atoms. The van der Waals surface area contributed by atoms with Crippen molar-refractivity contribution in [3.8, 4) is 0 Å². The van der Waals surface area contributed by atoms with E-state index in [1.54, 1.807) is 0 Å². The molecule has 1 aliphatic rings. The lowest BCUT2D eigenvalue weighted by Gasteiger charge is -2.34. The first-order chi connectivity index (χ1) is 9.08. The number of nitrogens with zero attached hydrogens (tertiary/aromatic N) is 1. The van der Waals surface area contributed by atoms with Gasteiger partial charge in [0.25, 0.3) is 0 Å². The Morgan fingerprint density at radius 2 is 2.26 bits per heavy atom. The summed E-state index contributed by atoms with van der Waals surface area (Å²) in [5, 5.41) is 0. The molecule has 3 nitrogen and oxygen atoms in total. The fraction of sp³-hybridized carbons (Fsp3) is 0.733. The van der Waals surface area contributed by atoms with E-state index in [-0.39, 0.29) is 6.04 Å². The molecule has 0 amide bonds. The molecule has 2 heterocycles. The molecule has 0 spiro atoms. The maximum atomic E-state index is 6.21. The molecular formula is C15H26N2OS. The van der Waals surface area contributed by atoms with Gasteiger partial charge >= 0.3 is 0 Å². The Kier molecular flexibility index (Phi) is 5.39. The summed E-state index contributed by atoms with van der Waals surface area (Å²) in [6.07, 6.45) is 4.06. The van der Waals surface area contributed by atoms with Crippen LogP contribution in [0.4, 0.5) is 0 Å². The standard InChI is InChI=1S/C15H26N2OS/c1-11-7-8-14(19-11)15(12(2)16)17(3)10-13-6-4-5-9-18-13/h7-8,12-13,15H,4-6,9-10,16H2,1-3H3. The van der Waals surface area contributed by atoms with Crippen molar-refractivity contribution in [3.63, 3.8) is 0 Å². The van der Waals surface area contributed by atoms with Gasteiger partial charge in [-0.25, -0.2) is 0 Å². The van der Waals surface area contributed by atoms with Crippen LogP contribution in [0.1, 0.15) is 42.0 Å². The van der Waals surface area contributed by atoms with Gasteiger partial charge in [0.15, 0.2) is 0 Å². The zero-order chi connectivity index (χ0) is 13.8. The van der Waals surface area contributed by atoms with Crippen LogP contribution >= 0.6 is 11.3 Å². The summed E-state index contributed by atoms with van der Waals surface area (Å²) in [7, 11) is 2.17. The number of likely N-dealkylation sites (N-methyl/N-ethyl adjacent to an activating group) is 1. The normalized spacial score (nSPS) is 23.5. The Balaban J connectivity index is 2.01. The summed E-state index contributed by atoms with van der Waals surface area (Å²) < 4.78 is 5.84. The fourth-order valence-electron chi connectivity index (χ4n) is 2.88. The van der Waals surface area contributed by atoms with Crippen molar-refractivity contribution in [2.45, 2.75) is 51.3 Å². The van der Waals surface area contributed by atoms with Gasteiger partial charge in [-0.1, -0.05) is 0 Å². The Labute approximate surface area is 120 Å². The van der Waals surface area contributed by atoms with E-state index in [0.717, 1.165) is 13.2 Å². The monoisotopic (exact) mass is 282 g/mol. The van der Waals surface area contributed by atoms with Gasteiger partial charge in [-0.2, -0.15) is 0 Å². The first-order valence-electron chi connectivity index (χ1n) is 7.21. The molecule has 3 atom stereocenters. The van der Waals surface area contributed by atoms with Crippen LogP contribution in [-0.4, -0.2) is 37.2 Å². The largest absolute Gasteiger partial charge is 0.377 e. The van der Waals surface area contributed by atoms with E-state index in [1.165, 1.54) is 29.0 Å². The number of ether oxygens (including phenoxy) is 1. The highest BCUT2D eigenvalue weighted by Gasteiger charge is 2.25. The number of thiophene rings is 1. The summed E-state index contributed by atoms with van der Waals surface area (Å²) in [6, 6.07) is 4.82. The first-order valence-corrected chi connectivity index (χ1v) is 8.03. The molecule has 2 N–H and O–H groups in total. The van der Waals surface area contributed by atoms with Gasteiger partial charge in [0.2, 0.25) is 0 Å². The minimum absolute atomic E-state index is 0.131. The molecular weight excluding hydrogens is 256 g/mol. The smallest absolute Gasteiger partial charge is 0.0702 e. The zero-order valence-corrected chi connectivity index (χ0v) is 13.1. The molecule has 1 aliphatic heterocycles. The molecule has 1 aromatic rings. The highest BCUT2D eigenvalue weighted by atomic mass is 32.1. The number of nitrogens with two attached hydrogens (primary N) is 1. The number of rotatable bonds is 5. The first kappa shape index (κ1) is 15.0. The van der Waals surface area contributed by atoms with Crippen molar-refractivity contribution in [2.24, 2.45) is 5.73 Å². The summed E-state index contributed by atoms with van der Waals surface area (Å²) in [4.78, 5) is 5.08. The minimum Gasteiger partial charge on any atom is -0.377 e. The van der Waals surface area contributed by atoms with Crippen LogP contribution in [0.5, 0.6) is 0 Å². The molecule has 4 heteroatoms. The van der Waals surface area contributed by atoms with Crippen LogP contribution in [0.2, 0.25) is 0 Å². The molecule has 3 unspecified atom stereocenters. The van der Waals surface area contributed by atoms with Gasteiger partial charge < -0.3 is 10.5 Å². The quantitative estimate of drug-likeness (QED) is 0.902. The average molecular weight is 282 g/mol. The second-order valence-electron chi connectivity index (χ2n) is 5.68. The second-order valence-corrected chi connectivity index (χ2v) is 7.00. The third kappa shape index (κ3) is 4.02. The summed E-state index contributed by atoms with van der Waals surface area (Å²) >= 11 is 1.85. The van der Waals surface area contributed by atoms with Crippen molar-refractivity contribution >= 4 is 11.3 Å². The summed E-state index contributed by atoms with van der Waals surface area (Å²) in [5.41, 5.74) is 6.21. The Bertz CT molecular complexity index is 385. The summed E-state index contributed by atoms with van der Waals surface area (Å²) in [6.45, 7) is 6.14. The molecule has 1 fully saturated rings. The predicted molar refractivity (Wildman–Crippen MR) is 81.7 cm³/mol. The Morgan fingerprint density at radius 1 is 1.47 bits per heavy atom. The third-order valence-corrected chi connectivity index (χ3v) is 4.86. The fourth-order valence-corrected chi connectivity index (χ4v) is 4.04. The molecule has 0 aliphatic carbocycles. The second kappa shape index (κ2) is 6.84. The molecule has 108 valence electrons. The molecule has 2 rings (SSSR count). The van der Waals surface area contributed by atoms with Crippen molar-refractivity contribution in [1.29, 1.82) is 0 Å². The van der Waals surface area contributed by atoms with Crippen molar-refractivity contribution < 1.29 is 4.74 Å². The van der Waals surface area contributed by atoms with Crippen LogP contribution in [0, 0.1) is 6.92 Å². The van der Waals surface area contributed by atoms with Crippen LogP contribution in [0.25, 0.3) is 0 Å². The third-order valence-electron chi connectivity index (χ3n) is 3.79. The molecule has 0 saturated carbocycles. The minimum atomic E-state index is 0.131. The highest BCUT2D eigenvalue weighted by Crippen LogP contribution is 2.29. The number of hydrogen-bond acceptors (Lipinski definition) is 4. The van der Waals surface area contributed by atoms with Crippen LogP contribution in [0.3, 0.4) is 0 Å². The molecule has 1 aromatic heterocycles. The molecule has 0 bridgehead atoms. The highest BCUT2D eigenvalue weighted by molar-refractivity contribution is 7.12. The molecule has 0 aromatic carbocycles. The van der Waals surface area contributed by atoms with Gasteiger partial charge in [0, 0.05) is 28.9 Å². The van der Waals surface area contributed by atoms with Gasteiger partial charge in [0.1, 0.15) is 0 Å². The maximum absolute atomic E-state index is 6.21. The predicted octanol–water partition coefficient (Wildman–Crippen LogP) is 2.95. The lowest BCUT2D eigenvalue weighted by Crippen LogP contribution is -2.41. The van der Waals surface area contributed by atoms with E-state index in [4.69, 9.17) is 10.5 Å². The van der Waals surface area contributed by atoms with E-state index < -0.39 is 0 Å². The SMILES string of the molecule is Cc1ccc(C(C(C)N)N(C)CC2CCCCO2)s1. The number of aryl methyl sites for hydroxylation is 1. The Hall–Kier alpha value is -0.420. The molecule has 1 saturated heterocycles. The van der Waals surface area contributed by atoms with Crippen molar-refractivity contribution in [3.05, 3.63) is 21.9 Å². The van der Waals surface area contributed by atoms with Crippen LogP contribution < -0.4 is 5.73 Å². The van der Waals surface area contributed by atoms with Gasteiger partial charge in [-0.05, 0) is 52.3 Å². The van der Waals surface area contributed by atoms with Gasteiger partial charge in [-0.3, -0.25) is 4.90 Å². The van der Waals surface area contributed by atoms with E-state index in [1.807, 2.05) is 11.3 Å². The van der Waals surface area contributed by atoms with Gasteiger partial charge in [-0.15, -0.1) is 11.3 Å². The number of hydrogen-bond donors (Lipinski definition) is 1. The molecule has 0 radical (unpaired) electrons. The lowest BCUT2D eigenvalue weighted by molar-refractivity contribution is -0.00958. The van der Waals surface area contributed by atoms with E-state index in [9.17, 15) is 0 Å². The maximum Gasteiger partial charge on any atom is 0.0702 e. The topological polar surface area (TPSA) is 38.5 Å². The Morgan fingerprint density at radius 3 is 2.79 bits per heavy atom. The van der Waals surface area contributed by atoms with Crippen molar-refractivity contribution in [2.75, 3.05) is 20.2 Å². The van der Waals surface area contributed by atoms with E-state index >= 15 is 0 Å². The zero-order valence-electron chi connectivity index (χ0n) is 12.3. The van der Waals surface area contributed by atoms with Gasteiger partial charge in [0.05, 0.1) is 12.1 Å². The van der Waals surface area contributed by atoms with Crippen LogP contribution in [-0.2, 0) is 4.74 Å². The van der Waals surface area contributed by atoms with Crippen LogP contribution in [0.15, 0.2) is 12.1 Å². The van der Waals surface area contributed by atoms with Crippen molar-refractivity contribution in [1.82, 2.24) is 4.90 Å². The summed E-state index contributed by atoms with van der Waals surface area (Å²) in [5.74, 6) is 0.